The number of carbonyl (C=O) groups is 2. The molecular formula is C17H19N3O2. The maximum absolute atomic E-state index is 12.4. The van der Waals surface area contributed by atoms with Crippen LogP contribution in [0.1, 0.15) is 24.2 Å². The summed E-state index contributed by atoms with van der Waals surface area (Å²) in [6.07, 6.45) is 3.20. The number of nitrogens with zero attached hydrogens (tertiary/aromatic N) is 1. The van der Waals surface area contributed by atoms with Gasteiger partial charge in [-0.15, -0.1) is 0 Å². The van der Waals surface area contributed by atoms with Crippen molar-refractivity contribution in [3.63, 3.8) is 0 Å². The van der Waals surface area contributed by atoms with Crippen LogP contribution < -0.4 is 10.6 Å². The van der Waals surface area contributed by atoms with E-state index in [9.17, 15) is 9.59 Å². The van der Waals surface area contributed by atoms with Crippen molar-refractivity contribution in [2.75, 3.05) is 5.32 Å². The van der Waals surface area contributed by atoms with Crippen molar-refractivity contribution >= 4 is 17.5 Å². The molecule has 22 heavy (non-hydrogen) atoms. The van der Waals surface area contributed by atoms with E-state index in [2.05, 4.69) is 15.6 Å². The highest BCUT2D eigenvalue weighted by atomic mass is 16.2. The van der Waals surface area contributed by atoms with E-state index in [1.165, 1.54) is 0 Å². The summed E-state index contributed by atoms with van der Waals surface area (Å²) >= 11 is 0. The van der Waals surface area contributed by atoms with Crippen molar-refractivity contribution in [1.29, 1.82) is 0 Å². The first kappa shape index (κ1) is 15.7. The number of rotatable bonds is 5. The molecule has 0 aliphatic heterocycles. The topological polar surface area (TPSA) is 71.1 Å². The van der Waals surface area contributed by atoms with Crippen molar-refractivity contribution in [3.05, 3.63) is 60.4 Å². The number of benzene rings is 1. The summed E-state index contributed by atoms with van der Waals surface area (Å²) in [5.41, 5.74) is 1.18. The standard InChI is InChI=1S/C17H19N3O2/c1-12(2)15(17(22)19-14-8-10-18-11-9-14)20-16(21)13-6-4-3-5-7-13/h3-12,15H,1-2H3,(H,20,21)(H,18,19,22). The first-order chi connectivity index (χ1) is 10.6. The summed E-state index contributed by atoms with van der Waals surface area (Å²) in [4.78, 5) is 28.5. The largest absolute Gasteiger partial charge is 0.340 e. The van der Waals surface area contributed by atoms with Gasteiger partial charge in [0.1, 0.15) is 6.04 Å². The first-order valence-corrected chi connectivity index (χ1v) is 7.14. The number of carbonyl (C=O) groups excluding carboxylic acids is 2. The van der Waals surface area contributed by atoms with Crippen molar-refractivity contribution < 1.29 is 9.59 Å². The van der Waals surface area contributed by atoms with E-state index in [0.29, 0.717) is 11.3 Å². The molecule has 2 N–H and O–H groups in total. The van der Waals surface area contributed by atoms with Gasteiger partial charge in [-0.1, -0.05) is 32.0 Å². The lowest BCUT2D eigenvalue weighted by atomic mass is 10.0. The molecule has 1 unspecified atom stereocenters. The number of nitrogens with one attached hydrogen (secondary N) is 2. The van der Waals surface area contributed by atoms with Gasteiger partial charge in [0.15, 0.2) is 0 Å². The molecule has 2 amide bonds. The average Bonchev–Trinajstić information content (AvgIpc) is 2.53. The van der Waals surface area contributed by atoms with Crippen LogP contribution in [0.5, 0.6) is 0 Å². The Morgan fingerprint density at radius 3 is 2.23 bits per heavy atom. The molecule has 5 heteroatoms. The predicted octanol–water partition coefficient (Wildman–Crippen LogP) is 2.47. The van der Waals surface area contributed by atoms with E-state index < -0.39 is 6.04 Å². The van der Waals surface area contributed by atoms with Crippen LogP contribution in [0.2, 0.25) is 0 Å². The van der Waals surface area contributed by atoms with Crippen LogP contribution in [0.25, 0.3) is 0 Å². The smallest absolute Gasteiger partial charge is 0.251 e. The molecule has 114 valence electrons. The predicted molar refractivity (Wildman–Crippen MR) is 85.4 cm³/mol. The number of hydrogen-bond donors (Lipinski definition) is 2. The van der Waals surface area contributed by atoms with Crippen LogP contribution in [0.15, 0.2) is 54.9 Å². The Morgan fingerprint density at radius 2 is 1.64 bits per heavy atom. The van der Waals surface area contributed by atoms with Crippen LogP contribution in [-0.4, -0.2) is 22.8 Å². The van der Waals surface area contributed by atoms with Crippen LogP contribution >= 0.6 is 0 Å². The lowest BCUT2D eigenvalue weighted by molar-refractivity contribution is -0.118. The summed E-state index contributed by atoms with van der Waals surface area (Å²) in [7, 11) is 0. The summed E-state index contributed by atoms with van der Waals surface area (Å²) in [5, 5.41) is 5.57. The zero-order chi connectivity index (χ0) is 15.9. The maximum Gasteiger partial charge on any atom is 0.251 e. The molecule has 1 aromatic heterocycles. The minimum absolute atomic E-state index is 0.0329. The van der Waals surface area contributed by atoms with Crippen molar-refractivity contribution in [3.8, 4) is 0 Å². The number of anilines is 1. The van der Waals surface area contributed by atoms with Gasteiger partial charge in [0, 0.05) is 23.6 Å². The minimum Gasteiger partial charge on any atom is -0.340 e. The van der Waals surface area contributed by atoms with Gasteiger partial charge < -0.3 is 10.6 Å². The minimum atomic E-state index is -0.610. The van der Waals surface area contributed by atoms with Gasteiger partial charge in [0.25, 0.3) is 5.91 Å². The summed E-state index contributed by atoms with van der Waals surface area (Å²) < 4.78 is 0. The van der Waals surface area contributed by atoms with Gasteiger partial charge in [0.05, 0.1) is 0 Å². The highest BCUT2D eigenvalue weighted by molar-refractivity contribution is 6.01. The summed E-state index contributed by atoms with van der Waals surface area (Å²) in [5.74, 6) is -0.538. The van der Waals surface area contributed by atoms with E-state index in [0.717, 1.165) is 0 Å². The SMILES string of the molecule is CC(C)C(NC(=O)c1ccccc1)C(=O)Nc1ccncc1. The third-order valence-electron chi connectivity index (χ3n) is 3.22. The molecule has 5 nitrogen and oxygen atoms in total. The van der Waals surface area contributed by atoms with Gasteiger partial charge in [-0.3, -0.25) is 14.6 Å². The van der Waals surface area contributed by atoms with Gasteiger partial charge in [-0.25, -0.2) is 0 Å². The second-order valence-corrected chi connectivity index (χ2v) is 5.29. The first-order valence-electron chi connectivity index (χ1n) is 7.14. The molecule has 0 radical (unpaired) electrons. The molecule has 0 saturated heterocycles. The van der Waals surface area contributed by atoms with Crippen LogP contribution in [0.3, 0.4) is 0 Å². The van der Waals surface area contributed by atoms with Crippen LogP contribution in [-0.2, 0) is 4.79 Å². The van der Waals surface area contributed by atoms with E-state index in [-0.39, 0.29) is 17.7 Å². The molecule has 0 fully saturated rings. The van der Waals surface area contributed by atoms with Gasteiger partial charge in [-0.05, 0) is 30.2 Å². The fourth-order valence-corrected chi connectivity index (χ4v) is 2.00. The number of aromatic nitrogens is 1. The van der Waals surface area contributed by atoms with Crippen LogP contribution in [0.4, 0.5) is 5.69 Å². The van der Waals surface area contributed by atoms with E-state index in [1.54, 1.807) is 48.8 Å². The molecule has 0 aliphatic carbocycles. The Kier molecular flexibility index (Phi) is 5.25. The molecule has 0 bridgehead atoms. The molecular weight excluding hydrogens is 278 g/mol. The zero-order valence-electron chi connectivity index (χ0n) is 12.6. The Hall–Kier alpha value is -2.69. The van der Waals surface area contributed by atoms with E-state index in [4.69, 9.17) is 0 Å². The molecule has 2 rings (SSSR count). The van der Waals surface area contributed by atoms with Gasteiger partial charge in [0.2, 0.25) is 5.91 Å². The summed E-state index contributed by atoms with van der Waals surface area (Å²) in [6.45, 7) is 3.78. The number of pyridine rings is 1. The number of amides is 2. The molecule has 0 saturated carbocycles. The Morgan fingerprint density at radius 1 is 1.00 bits per heavy atom. The molecule has 1 atom stereocenters. The molecule has 0 aliphatic rings. The van der Waals surface area contributed by atoms with Crippen LogP contribution in [0, 0.1) is 5.92 Å². The van der Waals surface area contributed by atoms with E-state index in [1.807, 2.05) is 19.9 Å². The molecule has 1 heterocycles. The quantitative estimate of drug-likeness (QED) is 0.890. The monoisotopic (exact) mass is 297 g/mol. The molecule has 0 spiro atoms. The second kappa shape index (κ2) is 7.36. The van der Waals surface area contributed by atoms with E-state index >= 15 is 0 Å². The number of hydrogen-bond acceptors (Lipinski definition) is 3. The van der Waals surface area contributed by atoms with Gasteiger partial charge >= 0.3 is 0 Å². The second-order valence-electron chi connectivity index (χ2n) is 5.29. The maximum atomic E-state index is 12.4. The van der Waals surface area contributed by atoms with Crippen molar-refractivity contribution in [2.24, 2.45) is 5.92 Å². The highest BCUT2D eigenvalue weighted by Crippen LogP contribution is 2.09. The third kappa shape index (κ3) is 4.15. The Bertz CT molecular complexity index is 627. The van der Waals surface area contributed by atoms with Crippen molar-refractivity contribution in [1.82, 2.24) is 10.3 Å². The fraction of sp³-hybridized carbons (Fsp3) is 0.235. The lowest BCUT2D eigenvalue weighted by Gasteiger charge is -2.21. The molecule has 2 aromatic rings. The lowest BCUT2D eigenvalue weighted by Crippen LogP contribution is -2.47. The fourth-order valence-electron chi connectivity index (χ4n) is 2.00. The molecule has 1 aromatic carbocycles. The average molecular weight is 297 g/mol. The zero-order valence-corrected chi connectivity index (χ0v) is 12.6. The van der Waals surface area contributed by atoms with Gasteiger partial charge in [-0.2, -0.15) is 0 Å². The Balaban J connectivity index is 2.06. The summed E-state index contributed by atoms with van der Waals surface area (Å²) in [6, 6.07) is 11.6. The van der Waals surface area contributed by atoms with Crippen molar-refractivity contribution in [2.45, 2.75) is 19.9 Å². The highest BCUT2D eigenvalue weighted by Gasteiger charge is 2.24. The normalized spacial score (nSPS) is 11.8. The Labute approximate surface area is 129 Å². The third-order valence-corrected chi connectivity index (χ3v) is 3.22.